The Balaban J connectivity index is 2.64. The standard InChI is InChI=1S/C15H22N4O/c1-12(2)19(3)11-10-18-15(20)14-13(6-4-8-16)7-5-9-17-14/h5,7,9,12H,8,10-11,16H2,1-3H3,(H,18,20). The molecule has 0 saturated carbocycles. The van der Waals surface area contributed by atoms with E-state index in [2.05, 4.69) is 40.9 Å². The number of likely N-dealkylation sites (N-methyl/N-ethyl adjacent to an activating group) is 1. The van der Waals surface area contributed by atoms with Crippen LogP contribution in [0.1, 0.15) is 29.9 Å². The van der Waals surface area contributed by atoms with Crippen molar-refractivity contribution < 1.29 is 4.79 Å². The van der Waals surface area contributed by atoms with Crippen LogP contribution >= 0.6 is 0 Å². The molecular weight excluding hydrogens is 252 g/mol. The molecule has 0 atom stereocenters. The van der Waals surface area contributed by atoms with Crippen LogP contribution in [0.25, 0.3) is 0 Å². The maximum absolute atomic E-state index is 12.1. The van der Waals surface area contributed by atoms with Gasteiger partial charge in [-0.25, -0.2) is 4.98 Å². The van der Waals surface area contributed by atoms with Gasteiger partial charge in [-0.05, 0) is 33.0 Å². The molecule has 1 heterocycles. The summed E-state index contributed by atoms with van der Waals surface area (Å²) in [7, 11) is 2.02. The van der Waals surface area contributed by atoms with E-state index in [4.69, 9.17) is 5.73 Å². The van der Waals surface area contributed by atoms with Gasteiger partial charge in [0, 0.05) is 25.3 Å². The zero-order valence-electron chi connectivity index (χ0n) is 12.3. The number of carbonyl (C=O) groups excluding carboxylic acids is 1. The largest absolute Gasteiger partial charge is 0.349 e. The molecule has 1 amide bonds. The van der Waals surface area contributed by atoms with E-state index in [9.17, 15) is 4.79 Å². The Morgan fingerprint density at radius 3 is 2.95 bits per heavy atom. The van der Waals surface area contributed by atoms with Crippen LogP contribution < -0.4 is 11.1 Å². The first-order valence-corrected chi connectivity index (χ1v) is 6.68. The van der Waals surface area contributed by atoms with Crippen molar-refractivity contribution in [2.24, 2.45) is 5.73 Å². The topological polar surface area (TPSA) is 71.2 Å². The Morgan fingerprint density at radius 1 is 1.55 bits per heavy atom. The van der Waals surface area contributed by atoms with Crippen molar-refractivity contribution in [3.8, 4) is 11.8 Å². The molecule has 0 aliphatic heterocycles. The maximum Gasteiger partial charge on any atom is 0.271 e. The lowest BCUT2D eigenvalue weighted by atomic mass is 10.2. The summed E-state index contributed by atoms with van der Waals surface area (Å²) in [6.07, 6.45) is 1.59. The van der Waals surface area contributed by atoms with Gasteiger partial charge in [-0.3, -0.25) is 4.79 Å². The van der Waals surface area contributed by atoms with Crippen molar-refractivity contribution in [2.45, 2.75) is 19.9 Å². The van der Waals surface area contributed by atoms with Crippen LogP contribution in [0.4, 0.5) is 0 Å². The minimum absolute atomic E-state index is 0.205. The van der Waals surface area contributed by atoms with Crippen LogP contribution in [0, 0.1) is 11.8 Å². The van der Waals surface area contributed by atoms with E-state index in [0.29, 0.717) is 23.8 Å². The van der Waals surface area contributed by atoms with Gasteiger partial charge in [0.1, 0.15) is 5.69 Å². The summed E-state index contributed by atoms with van der Waals surface area (Å²) in [6.45, 7) is 5.85. The van der Waals surface area contributed by atoms with Crippen LogP contribution in [0.3, 0.4) is 0 Å². The van der Waals surface area contributed by atoms with Gasteiger partial charge >= 0.3 is 0 Å². The lowest BCUT2D eigenvalue weighted by molar-refractivity contribution is 0.0943. The van der Waals surface area contributed by atoms with Crippen molar-refractivity contribution in [2.75, 3.05) is 26.7 Å². The van der Waals surface area contributed by atoms with Gasteiger partial charge in [0.25, 0.3) is 5.91 Å². The van der Waals surface area contributed by atoms with E-state index >= 15 is 0 Å². The van der Waals surface area contributed by atoms with Crippen LogP contribution in [0.5, 0.6) is 0 Å². The van der Waals surface area contributed by atoms with Crippen molar-refractivity contribution >= 4 is 5.91 Å². The summed E-state index contributed by atoms with van der Waals surface area (Å²) >= 11 is 0. The van der Waals surface area contributed by atoms with Gasteiger partial charge in [0.15, 0.2) is 0 Å². The molecule has 0 bridgehead atoms. The molecular formula is C15H22N4O. The van der Waals surface area contributed by atoms with E-state index in [1.54, 1.807) is 18.3 Å². The number of hydrogen-bond acceptors (Lipinski definition) is 4. The summed E-state index contributed by atoms with van der Waals surface area (Å²) in [6, 6.07) is 3.97. The summed E-state index contributed by atoms with van der Waals surface area (Å²) in [5, 5.41) is 2.86. The number of nitrogens with one attached hydrogen (secondary N) is 1. The van der Waals surface area contributed by atoms with E-state index in [1.165, 1.54) is 0 Å². The third-order valence-electron chi connectivity index (χ3n) is 2.98. The molecule has 3 N–H and O–H groups in total. The fourth-order valence-corrected chi connectivity index (χ4v) is 1.52. The zero-order chi connectivity index (χ0) is 15.0. The monoisotopic (exact) mass is 274 g/mol. The molecule has 0 radical (unpaired) electrons. The first-order chi connectivity index (χ1) is 9.56. The van der Waals surface area contributed by atoms with Crippen molar-refractivity contribution in [1.82, 2.24) is 15.2 Å². The number of pyridine rings is 1. The van der Waals surface area contributed by atoms with E-state index < -0.39 is 0 Å². The van der Waals surface area contributed by atoms with Gasteiger partial charge in [0.05, 0.1) is 12.1 Å². The first-order valence-electron chi connectivity index (χ1n) is 6.68. The molecule has 5 heteroatoms. The molecule has 5 nitrogen and oxygen atoms in total. The smallest absolute Gasteiger partial charge is 0.271 e. The fourth-order valence-electron chi connectivity index (χ4n) is 1.52. The molecule has 0 spiro atoms. The van der Waals surface area contributed by atoms with Crippen LogP contribution in [0.15, 0.2) is 18.3 Å². The third kappa shape index (κ3) is 5.00. The molecule has 0 aliphatic rings. The molecule has 20 heavy (non-hydrogen) atoms. The lowest BCUT2D eigenvalue weighted by Crippen LogP contribution is -2.36. The Kier molecular flexibility index (Phi) is 6.71. The van der Waals surface area contributed by atoms with Crippen molar-refractivity contribution in [3.63, 3.8) is 0 Å². The Labute approximate surface area is 120 Å². The molecule has 0 aliphatic carbocycles. The number of carbonyl (C=O) groups is 1. The van der Waals surface area contributed by atoms with Crippen LogP contribution in [0.2, 0.25) is 0 Å². The molecule has 0 aromatic carbocycles. The molecule has 1 rings (SSSR count). The highest BCUT2D eigenvalue weighted by atomic mass is 16.1. The quantitative estimate of drug-likeness (QED) is 0.765. The second kappa shape index (κ2) is 8.31. The SMILES string of the molecule is CC(C)N(C)CCNC(=O)c1ncccc1C#CCN. The second-order valence-corrected chi connectivity index (χ2v) is 4.74. The van der Waals surface area contributed by atoms with Gasteiger partial charge in [0.2, 0.25) is 0 Å². The van der Waals surface area contributed by atoms with Crippen molar-refractivity contribution in [1.29, 1.82) is 0 Å². The molecule has 1 aromatic heterocycles. The fraction of sp³-hybridized carbons (Fsp3) is 0.467. The molecule has 0 fully saturated rings. The molecule has 1 aromatic rings. The normalized spacial score (nSPS) is 10.3. The number of nitrogens with zero attached hydrogens (tertiary/aromatic N) is 2. The first kappa shape index (κ1) is 16.2. The van der Waals surface area contributed by atoms with Gasteiger partial charge < -0.3 is 16.0 Å². The predicted molar refractivity (Wildman–Crippen MR) is 80.3 cm³/mol. The maximum atomic E-state index is 12.1. The number of hydrogen-bond donors (Lipinski definition) is 2. The summed E-state index contributed by atoms with van der Waals surface area (Å²) in [5.74, 6) is 5.40. The lowest BCUT2D eigenvalue weighted by Gasteiger charge is -2.20. The average Bonchev–Trinajstić information content (AvgIpc) is 2.45. The Bertz CT molecular complexity index is 502. The Morgan fingerprint density at radius 2 is 2.30 bits per heavy atom. The van der Waals surface area contributed by atoms with Crippen LogP contribution in [-0.4, -0.2) is 48.5 Å². The Hall–Kier alpha value is -1.90. The second-order valence-electron chi connectivity index (χ2n) is 4.74. The van der Waals surface area contributed by atoms with Gasteiger partial charge in [-0.2, -0.15) is 0 Å². The average molecular weight is 274 g/mol. The summed E-state index contributed by atoms with van der Waals surface area (Å²) in [4.78, 5) is 18.3. The molecule has 108 valence electrons. The van der Waals surface area contributed by atoms with E-state index in [0.717, 1.165) is 6.54 Å². The number of aromatic nitrogens is 1. The minimum atomic E-state index is -0.205. The van der Waals surface area contributed by atoms with Crippen LogP contribution in [-0.2, 0) is 0 Å². The number of rotatable bonds is 5. The van der Waals surface area contributed by atoms with Crippen molar-refractivity contribution in [3.05, 3.63) is 29.6 Å². The van der Waals surface area contributed by atoms with Gasteiger partial charge in [-0.1, -0.05) is 11.8 Å². The highest BCUT2D eigenvalue weighted by Gasteiger charge is 2.11. The van der Waals surface area contributed by atoms with Gasteiger partial charge in [-0.15, -0.1) is 0 Å². The number of amides is 1. The van der Waals surface area contributed by atoms with E-state index in [1.807, 2.05) is 7.05 Å². The number of nitrogens with two attached hydrogens (primary N) is 1. The molecule has 0 unspecified atom stereocenters. The third-order valence-corrected chi connectivity index (χ3v) is 2.98. The highest BCUT2D eigenvalue weighted by Crippen LogP contribution is 2.03. The summed E-state index contributed by atoms with van der Waals surface area (Å²) < 4.78 is 0. The zero-order valence-corrected chi connectivity index (χ0v) is 12.3. The predicted octanol–water partition coefficient (Wildman–Crippen LogP) is 0.462. The molecule has 0 saturated heterocycles. The van der Waals surface area contributed by atoms with E-state index in [-0.39, 0.29) is 12.5 Å². The minimum Gasteiger partial charge on any atom is -0.349 e. The summed E-state index contributed by atoms with van der Waals surface area (Å²) in [5.41, 5.74) is 6.30. The highest BCUT2D eigenvalue weighted by molar-refractivity contribution is 5.94.